The number of halogens is 7. The zero-order valence-corrected chi connectivity index (χ0v) is 19.0. The number of nitrogens with one attached hydrogen (secondary N) is 2. The summed E-state index contributed by atoms with van der Waals surface area (Å²) in [6.45, 7) is -3.07. The molecule has 198 valence electrons. The number of hydrazine groups is 1. The van der Waals surface area contributed by atoms with Gasteiger partial charge in [0.15, 0.2) is 0 Å². The van der Waals surface area contributed by atoms with Gasteiger partial charge >= 0.3 is 24.7 Å². The molecule has 0 unspecified atom stereocenters. The molecule has 0 saturated heterocycles. The van der Waals surface area contributed by atoms with E-state index >= 15 is 0 Å². The topological polar surface area (TPSA) is 62.8 Å². The van der Waals surface area contributed by atoms with Gasteiger partial charge in [0, 0.05) is 22.9 Å². The van der Waals surface area contributed by atoms with Crippen molar-refractivity contribution in [3.63, 3.8) is 0 Å². The lowest BCUT2D eigenvalue weighted by atomic mass is 10.0. The molecule has 0 fully saturated rings. The van der Waals surface area contributed by atoms with Crippen molar-refractivity contribution >= 4 is 23.0 Å². The van der Waals surface area contributed by atoms with E-state index in [1.165, 1.54) is 48.5 Å². The molecule has 38 heavy (non-hydrogen) atoms. The van der Waals surface area contributed by atoms with Crippen LogP contribution in [-0.2, 0) is 5.92 Å². The summed E-state index contributed by atoms with van der Waals surface area (Å²) < 4.78 is 102. The predicted octanol–water partition coefficient (Wildman–Crippen LogP) is 6.42. The molecule has 0 spiro atoms. The molecule has 0 saturated carbocycles. The number of alkyl halides is 6. The Labute approximate surface area is 210 Å². The highest BCUT2D eigenvalue weighted by Gasteiger charge is 2.66. The van der Waals surface area contributed by atoms with Crippen molar-refractivity contribution in [3.8, 4) is 11.5 Å². The quantitative estimate of drug-likeness (QED) is 0.367. The Morgan fingerprint density at radius 2 is 1.63 bits per heavy atom. The Kier molecular flexibility index (Phi) is 6.08. The number of benzene rings is 3. The van der Waals surface area contributed by atoms with E-state index in [9.17, 15) is 35.5 Å². The van der Waals surface area contributed by atoms with Crippen molar-refractivity contribution in [1.82, 2.24) is 10.4 Å². The normalized spacial score (nSPS) is 17.2. The number of fused-ring (bicyclic) bond motifs is 1. The fourth-order valence-electron chi connectivity index (χ4n) is 4.02. The summed E-state index contributed by atoms with van der Waals surface area (Å²) in [5.74, 6) is -5.88. The minimum Gasteiger partial charge on any atom is -0.435 e. The van der Waals surface area contributed by atoms with Crippen LogP contribution in [0.3, 0.4) is 0 Å². The van der Waals surface area contributed by atoms with Crippen molar-refractivity contribution < 1.29 is 45.0 Å². The fourth-order valence-corrected chi connectivity index (χ4v) is 4.02. The van der Waals surface area contributed by atoms with E-state index in [4.69, 9.17) is 0 Å². The van der Waals surface area contributed by atoms with Gasteiger partial charge in [0.05, 0.1) is 17.8 Å². The van der Waals surface area contributed by atoms with Crippen LogP contribution in [0.25, 0.3) is 11.3 Å². The first-order valence-electron chi connectivity index (χ1n) is 10.9. The summed E-state index contributed by atoms with van der Waals surface area (Å²) in [6, 6.07) is 12.8. The number of amides is 2. The van der Waals surface area contributed by atoms with Crippen LogP contribution in [-0.4, -0.2) is 30.3 Å². The molecule has 0 atom stereocenters. The first-order valence-corrected chi connectivity index (χ1v) is 10.9. The van der Waals surface area contributed by atoms with Gasteiger partial charge in [-0.15, -0.1) is 0 Å². The molecule has 0 radical (unpaired) electrons. The number of hydrogen-bond acceptors (Lipinski definition) is 4. The van der Waals surface area contributed by atoms with Crippen molar-refractivity contribution in [2.75, 3.05) is 11.9 Å². The molecule has 0 aliphatic carbocycles. The third-order valence-corrected chi connectivity index (χ3v) is 5.85. The van der Waals surface area contributed by atoms with Gasteiger partial charge in [-0.3, -0.25) is 5.43 Å². The molecule has 2 amide bonds. The molecule has 2 aliphatic rings. The summed E-state index contributed by atoms with van der Waals surface area (Å²) in [5, 5.41) is 3.52. The van der Waals surface area contributed by atoms with Crippen molar-refractivity contribution in [1.29, 1.82) is 0 Å². The number of anilines is 1. The van der Waals surface area contributed by atoms with Crippen LogP contribution in [0.1, 0.15) is 16.7 Å². The molecule has 3 aromatic carbocycles. The standard InChI is InChI=1S/C25H16F7N3O3/c26-15-5-1-13(2-6-15)18-12-35(34-21(18)14-3-8-17(9-4-14)37-22(27)28)23(36)33-16-7-10-19-20(11-16)38-25(31,32)24(19,29)30/h1-11,22,34H,12H2,(H,33,36). The number of ether oxygens (including phenoxy) is 2. The number of nitrogens with zero attached hydrogens (tertiary/aromatic N) is 1. The minimum atomic E-state index is -4.73. The van der Waals surface area contributed by atoms with Gasteiger partial charge in [0.2, 0.25) is 0 Å². The fraction of sp³-hybridized carbons (Fsp3) is 0.160. The Morgan fingerprint density at radius 3 is 2.29 bits per heavy atom. The highest BCUT2D eigenvalue weighted by Crippen LogP contribution is 2.53. The van der Waals surface area contributed by atoms with E-state index in [1.54, 1.807) is 0 Å². The van der Waals surface area contributed by atoms with Gasteiger partial charge in [-0.05, 0) is 54.1 Å². The first-order chi connectivity index (χ1) is 17.9. The molecule has 6 nitrogen and oxygen atoms in total. The summed E-state index contributed by atoms with van der Waals surface area (Å²) in [6.07, 6.45) is -4.73. The Balaban J connectivity index is 1.39. The largest absolute Gasteiger partial charge is 0.469 e. The summed E-state index contributed by atoms with van der Waals surface area (Å²) >= 11 is 0. The number of rotatable bonds is 5. The molecule has 3 aromatic rings. The maximum Gasteiger partial charge on any atom is 0.469 e. The van der Waals surface area contributed by atoms with Gasteiger partial charge < -0.3 is 14.8 Å². The van der Waals surface area contributed by atoms with Crippen molar-refractivity contribution in [2.45, 2.75) is 18.6 Å². The molecule has 2 aliphatic heterocycles. The summed E-state index contributed by atoms with van der Waals surface area (Å²) in [4.78, 5) is 13.0. The Morgan fingerprint density at radius 1 is 0.974 bits per heavy atom. The van der Waals surface area contributed by atoms with Crippen molar-refractivity contribution in [3.05, 3.63) is 89.2 Å². The molecular weight excluding hydrogens is 523 g/mol. The maximum absolute atomic E-state index is 13.8. The van der Waals surface area contributed by atoms with Crippen LogP contribution in [0.15, 0.2) is 66.7 Å². The Hall–Kier alpha value is -4.42. The second-order valence-corrected chi connectivity index (χ2v) is 8.30. The van der Waals surface area contributed by atoms with Gasteiger partial charge in [-0.1, -0.05) is 12.1 Å². The second kappa shape index (κ2) is 9.15. The van der Waals surface area contributed by atoms with Gasteiger partial charge in [-0.2, -0.15) is 26.3 Å². The number of urea groups is 1. The molecule has 0 bridgehead atoms. The van der Waals surface area contributed by atoms with Gasteiger partial charge in [-0.25, -0.2) is 14.2 Å². The third kappa shape index (κ3) is 4.55. The molecular formula is C25H16F7N3O3. The van der Waals surface area contributed by atoms with Gasteiger partial charge in [0.1, 0.15) is 17.3 Å². The van der Waals surface area contributed by atoms with Gasteiger partial charge in [0.25, 0.3) is 0 Å². The minimum absolute atomic E-state index is 0.0559. The number of hydrogen-bond donors (Lipinski definition) is 2. The van der Waals surface area contributed by atoms with E-state index in [1.807, 2.05) is 0 Å². The first kappa shape index (κ1) is 25.2. The highest BCUT2D eigenvalue weighted by atomic mass is 19.3. The van der Waals surface area contributed by atoms with E-state index in [-0.39, 0.29) is 18.0 Å². The average molecular weight is 539 g/mol. The number of carbonyl (C=O) groups is 1. The zero-order valence-electron chi connectivity index (χ0n) is 19.0. The van der Waals surface area contributed by atoms with E-state index in [0.717, 1.165) is 23.2 Å². The van der Waals surface area contributed by atoms with Crippen LogP contribution < -0.4 is 20.2 Å². The SMILES string of the molecule is O=C(Nc1ccc2c(c1)OC(F)(F)C2(F)F)N1CC(c2ccc(F)cc2)=C(c2ccc(OC(F)F)cc2)N1. The molecule has 2 N–H and O–H groups in total. The molecule has 5 rings (SSSR count). The predicted molar refractivity (Wildman–Crippen MR) is 121 cm³/mol. The lowest BCUT2D eigenvalue weighted by molar-refractivity contribution is -0.296. The van der Waals surface area contributed by atoms with E-state index < -0.39 is 41.8 Å². The van der Waals surface area contributed by atoms with Crippen molar-refractivity contribution in [2.24, 2.45) is 0 Å². The Bertz CT molecular complexity index is 1410. The molecule has 2 heterocycles. The lowest BCUT2D eigenvalue weighted by Crippen LogP contribution is -2.40. The summed E-state index contributed by atoms with van der Waals surface area (Å²) in [5.41, 5.74) is 3.74. The molecule has 0 aromatic heterocycles. The third-order valence-electron chi connectivity index (χ3n) is 5.85. The summed E-state index contributed by atoms with van der Waals surface area (Å²) in [7, 11) is 0. The highest BCUT2D eigenvalue weighted by molar-refractivity contribution is 5.98. The van der Waals surface area contributed by atoms with Crippen LogP contribution >= 0.6 is 0 Å². The van der Waals surface area contributed by atoms with Crippen LogP contribution in [0, 0.1) is 5.82 Å². The second-order valence-electron chi connectivity index (χ2n) is 8.30. The van der Waals surface area contributed by atoms with Crippen LogP contribution in [0.5, 0.6) is 11.5 Å². The van der Waals surface area contributed by atoms with Crippen LogP contribution in [0.2, 0.25) is 0 Å². The molecule has 13 heteroatoms. The van der Waals surface area contributed by atoms with E-state index in [0.29, 0.717) is 22.4 Å². The maximum atomic E-state index is 13.8. The zero-order chi connectivity index (χ0) is 27.2. The monoisotopic (exact) mass is 539 g/mol. The van der Waals surface area contributed by atoms with E-state index in [2.05, 4.69) is 20.2 Å². The average Bonchev–Trinajstić information content (AvgIpc) is 3.36. The van der Waals surface area contributed by atoms with Crippen LogP contribution in [0.4, 0.5) is 41.2 Å². The lowest BCUT2D eigenvalue weighted by Gasteiger charge is -2.19. The number of carbonyl (C=O) groups excluding carboxylic acids is 1. The smallest absolute Gasteiger partial charge is 0.435 e.